The number of hydrogen-bond acceptors (Lipinski definition) is 3. The van der Waals surface area contributed by atoms with Crippen LogP contribution in [0.2, 0.25) is 0 Å². The van der Waals surface area contributed by atoms with Crippen molar-refractivity contribution in [3.8, 4) is 0 Å². The van der Waals surface area contributed by atoms with Crippen molar-refractivity contribution in [2.45, 2.75) is 13.1 Å². The molecule has 0 aliphatic carbocycles. The highest BCUT2D eigenvalue weighted by atomic mass is 32.1. The van der Waals surface area contributed by atoms with Crippen molar-refractivity contribution in [1.29, 1.82) is 0 Å². The van der Waals surface area contributed by atoms with Crippen molar-refractivity contribution < 1.29 is 4.79 Å². The zero-order valence-corrected chi connectivity index (χ0v) is 14.5. The van der Waals surface area contributed by atoms with Crippen LogP contribution in [0.1, 0.15) is 16.1 Å². The maximum absolute atomic E-state index is 12.6. The Morgan fingerprint density at radius 1 is 1.22 bits per heavy atom. The molecule has 0 radical (unpaired) electrons. The maximum Gasteiger partial charge on any atom is 0.247 e. The topological polar surface area (TPSA) is 25.2 Å². The molecule has 5 heteroatoms. The molecule has 0 atom stereocenters. The lowest BCUT2D eigenvalue weighted by molar-refractivity contribution is -0.127. The number of amides is 1. The fourth-order valence-corrected chi connectivity index (χ4v) is 3.65. The number of carbonyl (C=O) groups excluding carboxylic acids is 1. The zero-order chi connectivity index (χ0) is 16.1. The standard InChI is InChI=1S/C18H18N2OS2/c1-19-9-2-4-16(19)12-20(13-17-5-3-10-23-17)18(21)7-6-15-8-11-22-14-15/h2-11,14H,12-13H2,1H3/b7-6+. The van der Waals surface area contributed by atoms with Crippen LogP contribution in [0.4, 0.5) is 0 Å². The summed E-state index contributed by atoms with van der Waals surface area (Å²) in [5.41, 5.74) is 2.19. The molecular weight excluding hydrogens is 324 g/mol. The summed E-state index contributed by atoms with van der Waals surface area (Å²) < 4.78 is 2.05. The van der Waals surface area contributed by atoms with E-state index in [1.54, 1.807) is 28.7 Å². The van der Waals surface area contributed by atoms with Gasteiger partial charge in [0.05, 0.1) is 13.1 Å². The predicted molar refractivity (Wildman–Crippen MR) is 97.3 cm³/mol. The third-order valence-corrected chi connectivity index (χ3v) is 5.17. The Kier molecular flexibility index (Phi) is 5.10. The van der Waals surface area contributed by atoms with E-state index in [1.807, 2.05) is 58.6 Å². The first-order valence-electron chi connectivity index (χ1n) is 7.34. The van der Waals surface area contributed by atoms with E-state index in [-0.39, 0.29) is 5.91 Å². The second kappa shape index (κ2) is 7.44. The van der Waals surface area contributed by atoms with Crippen LogP contribution in [0, 0.1) is 0 Å². The third-order valence-electron chi connectivity index (χ3n) is 3.60. The molecule has 0 N–H and O–H groups in total. The molecule has 0 unspecified atom stereocenters. The average Bonchev–Trinajstić information content (AvgIpc) is 3.28. The Balaban J connectivity index is 1.76. The van der Waals surface area contributed by atoms with Gasteiger partial charge in [0.2, 0.25) is 5.91 Å². The molecule has 3 nitrogen and oxygen atoms in total. The quantitative estimate of drug-likeness (QED) is 0.610. The summed E-state index contributed by atoms with van der Waals surface area (Å²) in [6.07, 6.45) is 5.55. The maximum atomic E-state index is 12.6. The van der Waals surface area contributed by atoms with E-state index in [9.17, 15) is 4.79 Å². The molecular formula is C18H18N2OS2. The van der Waals surface area contributed by atoms with E-state index < -0.39 is 0 Å². The van der Waals surface area contributed by atoms with E-state index in [4.69, 9.17) is 0 Å². The van der Waals surface area contributed by atoms with Gasteiger partial charge in [0, 0.05) is 29.9 Å². The summed E-state index contributed by atoms with van der Waals surface area (Å²) in [4.78, 5) is 15.7. The minimum Gasteiger partial charge on any atom is -0.353 e. The van der Waals surface area contributed by atoms with Crippen LogP contribution >= 0.6 is 22.7 Å². The number of nitrogens with zero attached hydrogens (tertiary/aromatic N) is 2. The molecule has 0 bridgehead atoms. The van der Waals surface area contributed by atoms with Crippen molar-refractivity contribution in [3.63, 3.8) is 0 Å². The van der Waals surface area contributed by atoms with Crippen molar-refractivity contribution in [2.75, 3.05) is 0 Å². The lowest BCUT2D eigenvalue weighted by Gasteiger charge is -2.21. The summed E-state index contributed by atoms with van der Waals surface area (Å²) >= 11 is 3.31. The van der Waals surface area contributed by atoms with Gasteiger partial charge in [-0.2, -0.15) is 11.3 Å². The highest BCUT2D eigenvalue weighted by molar-refractivity contribution is 7.09. The first-order chi connectivity index (χ1) is 11.2. The number of carbonyl (C=O) groups is 1. The van der Waals surface area contributed by atoms with Crippen LogP contribution < -0.4 is 0 Å². The SMILES string of the molecule is Cn1cccc1CN(Cc1cccs1)C(=O)/C=C/c1ccsc1. The van der Waals surface area contributed by atoms with Crippen LogP contribution in [-0.4, -0.2) is 15.4 Å². The van der Waals surface area contributed by atoms with Crippen LogP contribution in [-0.2, 0) is 24.9 Å². The summed E-state index contributed by atoms with van der Waals surface area (Å²) in [6, 6.07) is 10.2. The van der Waals surface area contributed by atoms with E-state index in [0.29, 0.717) is 13.1 Å². The van der Waals surface area contributed by atoms with Crippen molar-refractivity contribution >= 4 is 34.7 Å². The van der Waals surface area contributed by atoms with Gasteiger partial charge < -0.3 is 9.47 Å². The fraction of sp³-hybridized carbons (Fsp3) is 0.167. The average molecular weight is 342 g/mol. The molecule has 0 aliphatic rings. The largest absolute Gasteiger partial charge is 0.353 e. The van der Waals surface area contributed by atoms with Gasteiger partial charge in [0.25, 0.3) is 0 Å². The van der Waals surface area contributed by atoms with Crippen LogP contribution in [0.3, 0.4) is 0 Å². The van der Waals surface area contributed by atoms with Gasteiger partial charge in [-0.3, -0.25) is 4.79 Å². The Morgan fingerprint density at radius 3 is 2.78 bits per heavy atom. The Labute approximate surface area is 144 Å². The molecule has 3 aromatic heterocycles. The third kappa shape index (κ3) is 4.21. The van der Waals surface area contributed by atoms with Crippen molar-refractivity contribution in [1.82, 2.24) is 9.47 Å². The van der Waals surface area contributed by atoms with Crippen LogP contribution in [0.5, 0.6) is 0 Å². The Morgan fingerprint density at radius 2 is 2.13 bits per heavy atom. The molecule has 1 amide bonds. The van der Waals surface area contributed by atoms with E-state index in [0.717, 1.165) is 11.3 Å². The summed E-state index contributed by atoms with van der Waals surface area (Å²) in [6.45, 7) is 1.24. The first kappa shape index (κ1) is 15.8. The van der Waals surface area contributed by atoms with Crippen LogP contribution in [0.25, 0.3) is 6.08 Å². The first-order valence-corrected chi connectivity index (χ1v) is 9.16. The lowest BCUT2D eigenvalue weighted by Crippen LogP contribution is -2.29. The molecule has 0 aliphatic heterocycles. The van der Waals surface area contributed by atoms with E-state index >= 15 is 0 Å². The molecule has 0 spiro atoms. The van der Waals surface area contributed by atoms with Gasteiger partial charge in [-0.1, -0.05) is 6.07 Å². The Bertz CT molecular complexity index is 770. The summed E-state index contributed by atoms with van der Waals surface area (Å²) in [7, 11) is 2.00. The number of aromatic nitrogens is 1. The predicted octanol–water partition coefficient (Wildman–Crippen LogP) is 4.39. The smallest absolute Gasteiger partial charge is 0.247 e. The van der Waals surface area contributed by atoms with Crippen molar-refractivity contribution in [3.05, 3.63) is 74.9 Å². The number of aryl methyl sites for hydroxylation is 1. The molecule has 3 aromatic rings. The minimum absolute atomic E-state index is 0.0331. The lowest BCUT2D eigenvalue weighted by atomic mass is 10.2. The highest BCUT2D eigenvalue weighted by Crippen LogP contribution is 2.16. The fourth-order valence-electron chi connectivity index (χ4n) is 2.30. The molecule has 3 rings (SSSR count). The van der Waals surface area contributed by atoms with E-state index in [1.165, 1.54) is 4.88 Å². The van der Waals surface area contributed by atoms with Gasteiger partial charge in [-0.25, -0.2) is 0 Å². The monoisotopic (exact) mass is 342 g/mol. The molecule has 118 valence electrons. The molecule has 0 aromatic carbocycles. The molecule has 3 heterocycles. The van der Waals surface area contributed by atoms with Gasteiger partial charge in [-0.05, 0) is 52.0 Å². The Hall–Kier alpha value is -2.11. The van der Waals surface area contributed by atoms with Gasteiger partial charge in [0.1, 0.15) is 0 Å². The number of hydrogen-bond donors (Lipinski definition) is 0. The molecule has 0 saturated heterocycles. The van der Waals surface area contributed by atoms with Gasteiger partial charge in [-0.15, -0.1) is 11.3 Å². The second-order valence-electron chi connectivity index (χ2n) is 5.27. The highest BCUT2D eigenvalue weighted by Gasteiger charge is 2.14. The number of thiophene rings is 2. The van der Waals surface area contributed by atoms with Crippen LogP contribution in [0.15, 0.2) is 58.7 Å². The van der Waals surface area contributed by atoms with Gasteiger partial charge >= 0.3 is 0 Å². The normalized spacial score (nSPS) is 11.2. The van der Waals surface area contributed by atoms with Crippen molar-refractivity contribution in [2.24, 2.45) is 7.05 Å². The molecule has 23 heavy (non-hydrogen) atoms. The number of rotatable bonds is 6. The van der Waals surface area contributed by atoms with E-state index in [2.05, 4.69) is 16.7 Å². The summed E-state index contributed by atoms with van der Waals surface area (Å²) in [5, 5.41) is 6.09. The summed E-state index contributed by atoms with van der Waals surface area (Å²) in [5.74, 6) is 0.0331. The zero-order valence-electron chi connectivity index (χ0n) is 12.9. The minimum atomic E-state index is 0.0331. The molecule has 0 fully saturated rings. The second-order valence-corrected chi connectivity index (χ2v) is 7.09. The molecule has 0 saturated carbocycles. The van der Waals surface area contributed by atoms with Gasteiger partial charge in [0.15, 0.2) is 0 Å².